The van der Waals surface area contributed by atoms with Crippen molar-refractivity contribution in [1.82, 2.24) is 9.88 Å². The molecule has 0 saturated heterocycles. The number of alkyl halides is 3. The normalized spacial score (nSPS) is 17.0. The number of thiophene rings is 1. The summed E-state index contributed by atoms with van der Waals surface area (Å²) in [6.07, 6.45) is -1.04. The van der Waals surface area contributed by atoms with Crippen molar-refractivity contribution in [1.29, 1.82) is 0 Å². The smallest absolute Gasteiger partial charge is 0.351 e. The molecule has 1 saturated carbocycles. The van der Waals surface area contributed by atoms with E-state index in [1.807, 2.05) is 0 Å². The highest BCUT2D eigenvalue weighted by atomic mass is 32.2. The minimum atomic E-state index is -4.62. The van der Waals surface area contributed by atoms with Crippen LogP contribution < -0.4 is 4.72 Å². The molecule has 5 nitrogen and oxygen atoms in total. The molecule has 0 aliphatic heterocycles. The molecule has 0 unspecified atom stereocenters. The predicted molar refractivity (Wildman–Crippen MR) is 77.4 cm³/mol. The van der Waals surface area contributed by atoms with Crippen LogP contribution in [0.25, 0.3) is 10.6 Å². The lowest BCUT2D eigenvalue weighted by molar-refractivity contribution is -0.155. The van der Waals surface area contributed by atoms with Crippen LogP contribution in [0.15, 0.2) is 26.9 Å². The molecule has 1 N–H and O–H groups in total. The van der Waals surface area contributed by atoms with Gasteiger partial charge in [-0.15, -0.1) is 11.3 Å². The van der Waals surface area contributed by atoms with E-state index in [1.165, 1.54) is 12.1 Å². The van der Waals surface area contributed by atoms with E-state index in [0.29, 0.717) is 4.88 Å². The fraction of sp³-hybridized carbons (Fsp3) is 0.462. The van der Waals surface area contributed by atoms with Crippen molar-refractivity contribution in [3.05, 3.63) is 24.0 Å². The summed E-state index contributed by atoms with van der Waals surface area (Å²) in [5, 5.41) is 3.35. The summed E-state index contributed by atoms with van der Waals surface area (Å²) < 4.78 is 69.0. The second kappa shape index (κ2) is 5.91. The first-order valence-corrected chi connectivity index (χ1v) is 9.22. The summed E-state index contributed by atoms with van der Waals surface area (Å²) in [6.45, 7) is 0. The van der Waals surface area contributed by atoms with Crippen LogP contribution in [-0.4, -0.2) is 19.6 Å². The van der Waals surface area contributed by atoms with Crippen molar-refractivity contribution in [3.8, 4) is 10.6 Å². The molecule has 0 radical (unpaired) electrons. The molecular weight excluding hydrogens is 353 g/mol. The van der Waals surface area contributed by atoms with Gasteiger partial charge in [-0.2, -0.15) is 13.2 Å². The zero-order chi connectivity index (χ0) is 16.7. The van der Waals surface area contributed by atoms with Gasteiger partial charge in [0.1, 0.15) is 9.90 Å². The van der Waals surface area contributed by atoms with E-state index in [2.05, 4.69) is 14.4 Å². The number of hydrogen-bond acceptors (Lipinski definition) is 5. The van der Waals surface area contributed by atoms with Crippen LogP contribution in [0.2, 0.25) is 0 Å². The zero-order valence-corrected chi connectivity index (χ0v) is 13.4. The quantitative estimate of drug-likeness (QED) is 0.897. The average molecular weight is 366 g/mol. The maximum absolute atomic E-state index is 12.5. The van der Waals surface area contributed by atoms with Crippen LogP contribution in [0.3, 0.4) is 0 Å². The van der Waals surface area contributed by atoms with Gasteiger partial charge in [0.25, 0.3) is 0 Å². The largest absolute Gasteiger partial charge is 0.452 e. The molecule has 2 aromatic rings. The predicted octanol–water partition coefficient (Wildman–Crippen LogP) is 3.64. The second-order valence-electron chi connectivity index (χ2n) is 5.30. The average Bonchev–Trinajstić information content (AvgIpc) is 3.18. The number of nitrogens with one attached hydrogen (secondary N) is 1. The first-order chi connectivity index (χ1) is 10.8. The summed E-state index contributed by atoms with van der Waals surface area (Å²) in [6, 6.07) is 3.46. The maximum Gasteiger partial charge on any atom is 0.452 e. The van der Waals surface area contributed by atoms with E-state index in [0.717, 1.165) is 43.1 Å². The van der Waals surface area contributed by atoms with E-state index >= 15 is 0 Å². The van der Waals surface area contributed by atoms with Crippen molar-refractivity contribution < 1.29 is 26.1 Å². The summed E-state index contributed by atoms with van der Waals surface area (Å²) in [5.74, 6) is -1.21. The van der Waals surface area contributed by atoms with Crippen LogP contribution >= 0.6 is 11.3 Å². The van der Waals surface area contributed by atoms with Gasteiger partial charge in [-0.25, -0.2) is 13.1 Å². The molecule has 2 heterocycles. The minimum Gasteiger partial charge on any atom is -0.351 e. The summed E-state index contributed by atoms with van der Waals surface area (Å²) in [4.78, 5) is 0.302. The van der Waals surface area contributed by atoms with Crippen LogP contribution in [0.5, 0.6) is 0 Å². The van der Waals surface area contributed by atoms with Gasteiger partial charge in [0.2, 0.25) is 15.8 Å². The number of hydrogen-bond donors (Lipinski definition) is 1. The first-order valence-electron chi connectivity index (χ1n) is 6.92. The lowest BCUT2D eigenvalue weighted by Crippen LogP contribution is -2.32. The van der Waals surface area contributed by atoms with Gasteiger partial charge in [-0.3, -0.25) is 0 Å². The van der Waals surface area contributed by atoms with E-state index in [-0.39, 0.29) is 15.9 Å². The molecule has 0 amide bonds. The summed E-state index contributed by atoms with van der Waals surface area (Å²) >= 11 is 0.860. The molecule has 0 bridgehead atoms. The molecule has 23 heavy (non-hydrogen) atoms. The lowest BCUT2D eigenvalue weighted by Gasteiger charge is -2.10. The van der Waals surface area contributed by atoms with Crippen LogP contribution in [0.1, 0.15) is 31.4 Å². The van der Waals surface area contributed by atoms with Crippen LogP contribution in [-0.2, 0) is 16.2 Å². The lowest BCUT2D eigenvalue weighted by atomic mass is 10.3. The zero-order valence-electron chi connectivity index (χ0n) is 11.8. The van der Waals surface area contributed by atoms with Crippen molar-refractivity contribution in [3.63, 3.8) is 0 Å². The molecule has 10 heteroatoms. The third-order valence-electron chi connectivity index (χ3n) is 3.57. The number of halogens is 3. The number of rotatable bonds is 4. The fourth-order valence-corrected chi connectivity index (χ4v) is 5.03. The molecule has 1 aliphatic rings. The van der Waals surface area contributed by atoms with Gasteiger partial charge < -0.3 is 4.52 Å². The third-order valence-corrected chi connectivity index (χ3v) is 6.69. The van der Waals surface area contributed by atoms with E-state index in [4.69, 9.17) is 0 Å². The highest BCUT2D eigenvalue weighted by Crippen LogP contribution is 2.35. The van der Waals surface area contributed by atoms with Gasteiger partial charge in [-0.1, -0.05) is 18.0 Å². The van der Waals surface area contributed by atoms with Gasteiger partial charge in [0.15, 0.2) is 0 Å². The van der Waals surface area contributed by atoms with Gasteiger partial charge in [0.05, 0.1) is 4.88 Å². The Bertz CT molecular complexity index is 789. The minimum absolute atomic E-state index is 0.0374. The van der Waals surface area contributed by atoms with E-state index in [9.17, 15) is 21.6 Å². The molecule has 0 atom stereocenters. The fourth-order valence-electron chi connectivity index (χ4n) is 2.45. The van der Waals surface area contributed by atoms with Crippen LogP contribution in [0.4, 0.5) is 13.2 Å². The first kappa shape index (κ1) is 16.5. The Morgan fingerprint density at radius 1 is 1.26 bits per heavy atom. The molecule has 0 spiro atoms. The number of aromatic nitrogens is 1. The van der Waals surface area contributed by atoms with Crippen molar-refractivity contribution in [2.45, 2.75) is 42.1 Å². The summed E-state index contributed by atoms with van der Waals surface area (Å²) in [5.41, 5.74) is -0.0374. The standard InChI is InChI=1S/C13H13F3N2O3S2/c14-13(15,16)11-7-9(17-21-11)10-5-6-12(22-10)23(19,20)18-8-3-1-2-4-8/h5-8,18H,1-4H2. The van der Waals surface area contributed by atoms with Gasteiger partial charge >= 0.3 is 6.18 Å². The van der Waals surface area contributed by atoms with Gasteiger partial charge in [-0.05, 0) is 25.0 Å². The molecule has 126 valence electrons. The summed E-state index contributed by atoms with van der Waals surface area (Å²) in [7, 11) is -3.66. The topological polar surface area (TPSA) is 72.2 Å². The Hall–Kier alpha value is -1.39. The van der Waals surface area contributed by atoms with E-state index in [1.54, 1.807) is 0 Å². The Balaban J connectivity index is 1.81. The van der Waals surface area contributed by atoms with E-state index < -0.39 is 22.0 Å². The Morgan fingerprint density at radius 3 is 2.57 bits per heavy atom. The number of nitrogens with zero attached hydrogens (tertiary/aromatic N) is 1. The maximum atomic E-state index is 12.5. The Morgan fingerprint density at radius 2 is 1.96 bits per heavy atom. The van der Waals surface area contributed by atoms with Crippen molar-refractivity contribution in [2.75, 3.05) is 0 Å². The highest BCUT2D eigenvalue weighted by Gasteiger charge is 2.36. The molecular formula is C13H13F3N2O3S2. The highest BCUT2D eigenvalue weighted by molar-refractivity contribution is 7.91. The molecule has 3 rings (SSSR count). The molecule has 2 aromatic heterocycles. The van der Waals surface area contributed by atoms with Crippen LogP contribution in [0, 0.1) is 0 Å². The Labute approximate surface area is 134 Å². The third kappa shape index (κ3) is 3.59. The van der Waals surface area contributed by atoms with Gasteiger partial charge in [0, 0.05) is 12.1 Å². The monoisotopic (exact) mass is 366 g/mol. The second-order valence-corrected chi connectivity index (χ2v) is 8.32. The van der Waals surface area contributed by atoms with Crippen molar-refractivity contribution >= 4 is 21.4 Å². The SMILES string of the molecule is O=S(=O)(NC1CCCC1)c1ccc(-c2cc(C(F)(F)F)on2)s1. The molecule has 0 aromatic carbocycles. The Kier molecular flexibility index (Phi) is 4.23. The molecule has 1 aliphatic carbocycles. The van der Waals surface area contributed by atoms with Crippen molar-refractivity contribution in [2.24, 2.45) is 0 Å². The molecule has 1 fully saturated rings. The number of sulfonamides is 1.